The average molecular weight is 301 g/mol. The van der Waals surface area contributed by atoms with Crippen LogP contribution < -0.4 is 11.1 Å². The molecule has 0 fully saturated rings. The van der Waals surface area contributed by atoms with Gasteiger partial charge in [-0.3, -0.25) is 0 Å². The fourth-order valence-corrected chi connectivity index (χ4v) is 3.51. The molecule has 2 nitrogen and oxygen atoms in total. The Balaban J connectivity index is 2.05. The minimum absolute atomic E-state index is 0.228. The lowest BCUT2D eigenvalue weighted by molar-refractivity contribution is 0.391. The second-order valence-electron chi connectivity index (χ2n) is 5.92. The van der Waals surface area contributed by atoms with Crippen molar-refractivity contribution in [1.82, 2.24) is 0 Å². The van der Waals surface area contributed by atoms with E-state index in [4.69, 9.17) is 17.3 Å². The molecule has 3 heteroatoms. The molecular formula is C18H21ClN2. The molecule has 2 unspecified atom stereocenters. The number of rotatable bonds is 3. The maximum Gasteiger partial charge on any atom is 0.0750 e. The third-order valence-corrected chi connectivity index (χ3v) is 4.94. The Morgan fingerprint density at radius 2 is 1.90 bits per heavy atom. The lowest BCUT2D eigenvalue weighted by Crippen LogP contribution is -2.45. The fraction of sp³-hybridized carbons (Fsp3) is 0.333. The first kappa shape index (κ1) is 14.4. The quantitative estimate of drug-likeness (QED) is 0.875. The number of para-hydroxylation sites is 1. The zero-order valence-corrected chi connectivity index (χ0v) is 13.0. The first-order chi connectivity index (χ1) is 10.2. The molecule has 0 heterocycles. The van der Waals surface area contributed by atoms with Gasteiger partial charge < -0.3 is 11.1 Å². The highest BCUT2D eigenvalue weighted by Crippen LogP contribution is 2.43. The van der Waals surface area contributed by atoms with Crippen molar-refractivity contribution in [2.45, 2.75) is 31.2 Å². The standard InChI is InChI=1S/C18H21ClN2/c1-13-10-11-18(12-20,15-7-3-2-6-14(13)15)21-17-9-5-4-8-16(17)19/h2-9,13,21H,10-12,20H2,1H3. The van der Waals surface area contributed by atoms with Gasteiger partial charge in [0.2, 0.25) is 0 Å². The van der Waals surface area contributed by atoms with Gasteiger partial charge in [0.15, 0.2) is 0 Å². The first-order valence-electron chi connectivity index (χ1n) is 7.48. The van der Waals surface area contributed by atoms with Crippen molar-refractivity contribution in [2.24, 2.45) is 5.73 Å². The van der Waals surface area contributed by atoms with Gasteiger partial charge in [0, 0.05) is 6.54 Å². The Hall–Kier alpha value is -1.51. The summed E-state index contributed by atoms with van der Waals surface area (Å²) in [6.07, 6.45) is 2.15. The maximum atomic E-state index is 6.31. The molecule has 0 aromatic heterocycles. The molecule has 110 valence electrons. The second kappa shape index (κ2) is 5.70. The molecule has 0 spiro atoms. The SMILES string of the molecule is CC1CCC(CN)(Nc2ccccc2Cl)c2ccccc21. The van der Waals surface area contributed by atoms with Crippen LogP contribution in [-0.4, -0.2) is 6.54 Å². The zero-order valence-electron chi connectivity index (χ0n) is 12.3. The van der Waals surface area contributed by atoms with Crippen LogP contribution in [0.2, 0.25) is 5.02 Å². The molecule has 0 saturated heterocycles. The van der Waals surface area contributed by atoms with Gasteiger partial charge in [-0.05, 0) is 42.0 Å². The van der Waals surface area contributed by atoms with Crippen LogP contribution in [0, 0.1) is 0 Å². The molecule has 0 amide bonds. The van der Waals surface area contributed by atoms with Crippen molar-refractivity contribution >= 4 is 17.3 Å². The lowest BCUT2D eigenvalue weighted by atomic mass is 9.72. The van der Waals surface area contributed by atoms with E-state index in [2.05, 4.69) is 36.5 Å². The van der Waals surface area contributed by atoms with E-state index in [9.17, 15) is 0 Å². The summed E-state index contributed by atoms with van der Waals surface area (Å²) in [5, 5.41) is 4.37. The molecule has 0 saturated carbocycles. The van der Waals surface area contributed by atoms with Crippen LogP contribution in [-0.2, 0) is 5.54 Å². The summed E-state index contributed by atoms with van der Waals surface area (Å²) in [4.78, 5) is 0. The minimum atomic E-state index is -0.228. The molecule has 0 aliphatic heterocycles. The molecule has 0 bridgehead atoms. The van der Waals surface area contributed by atoms with Crippen LogP contribution >= 0.6 is 11.6 Å². The highest BCUT2D eigenvalue weighted by Gasteiger charge is 2.37. The summed E-state index contributed by atoms with van der Waals surface area (Å²) < 4.78 is 0. The number of halogens is 1. The van der Waals surface area contributed by atoms with Gasteiger partial charge in [0.25, 0.3) is 0 Å². The van der Waals surface area contributed by atoms with E-state index in [0.717, 1.165) is 23.6 Å². The highest BCUT2D eigenvalue weighted by molar-refractivity contribution is 6.33. The monoisotopic (exact) mass is 300 g/mol. The number of benzene rings is 2. The predicted octanol–water partition coefficient (Wildman–Crippen LogP) is 4.50. The normalized spacial score (nSPS) is 24.4. The number of nitrogens with two attached hydrogens (primary N) is 1. The zero-order chi connectivity index (χ0) is 14.9. The molecule has 21 heavy (non-hydrogen) atoms. The van der Waals surface area contributed by atoms with Crippen LogP contribution in [0.5, 0.6) is 0 Å². The first-order valence-corrected chi connectivity index (χ1v) is 7.86. The van der Waals surface area contributed by atoms with Gasteiger partial charge in [0.05, 0.1) is 16.2 Å². The smallest absolute Gasteiger partial charge is 0.0750 e. The Bertz CT molecular complexity index is 641. The molecule has 1 aliphatic carbocycles. The van der Waals surface area contributed by atoms with Crippen LogP contribution in [0.4, 0.5) is 5.69 Å². The molecular weight excluding hydrogens is 280 g/mol. The van der Waals surface area contributed by atoms with Crippen molar-refractivity contribution in [1.29, 1.82) is 0 Å². The van der Waals surface area contributed by atoms with Gasteiger partial charge in [-0.1, -0.05) is 54.9 Å². The number of anilines is 1. The summed E-state index contributed by atoms with van der Waals surface area (Å²) in [7, 11) is 0. The van der Waals surface area contributed by atoms with E-state index in [0.29, 0.717) is 12.5 Å². The van der Waals surface area contributed by atoms with Gasteiger partial charge >= 0.3 is 0 Å². The van der Waals surface area contributed by atoms with E-state index in [1.165, 1.54) is 11.1 Å². The van der Waals surface area contributed by atoms with Crippen LogP contribution in [0.15, 0.2) is 48.5 Å². The van der Waals surface area contributed by atoms with E-state index in [1.807, 2.05) is 24.3 Å². The Morgan fingerprint density at radius 3 is 2.67 bits per heavy atom. The Kier molecular flexibility index (Phi) is 3.92. The van der Waals surface area contributed by atoms with E-state index >= 15 is 0 Å². The highest BCUT2D eigenvalue weighted by atomic mass is 35.5. The van der Waals surface area contributed by atoms with Gasteiger partial charge in [-0.15, -0.1) is 0 Å². The number of hydrogen-bond acceptors (Lipinski definition) is 2. The topological polar surface area (TPSA) is 38.0 Å². The van der Waals surface area contributed by atoms with Crippen molar-refractivity contribution in [3.05, 3.63) is 64.7 Å². The predicted molar refractivity (Wildman–Crippen MR) is 89.9 cm³/mol. The second-order valence-corrected chi connectivity index (χ2v) is 6.33. The van der Waals surface area contributed by atoms with Gasteiger partial charge in [0.1, 0.15) is 0 Å². The van der Waals surface area contributed by atoms with Crippen molar-refractivity contribution in [3.8, 4) is 0 Å². The molecule has 3 rings (SSSR count). The molecule has 2 aromatic carbocycles. The van der Waals surface area contributed by atoms with E-state index in [-0.39, 0.29) is 5.54 Å². The van der Waals surface area contributed by atoms with E-state index in [1.54, 1.807) is 0 Å². The van der Waals surface area contributed by atoms with Crippen LogP contribution in [0.3, 0.4) is 0 Å². The maximum absolute atomic E-state index is 6.31. The number of fused-ring (bicyclic) bond motifs is 1. The van der Waals surface area contributed by atoms with Crippen LogP contribution in [0.1, 0.15) is 36.8 Å². The van der Waals surface area contributed by atoms with Crippen LogP contribution in [0.25, 0.3) is 0 Å². The average Bonchev–Trinajstić information content (AvgIpc) is 2.53. The summed E-state index contributed by atoms with van der Waals surface area (Å²) in [5.74, 6) is 0.578. The number of hydrogen-bond donors (Lipinski definition) is 2. The van der Waals surface area contributed by atoms with Crippen molar-refractivity contribution < 1.29 is 0 Å². The Labute approximate surface area is 131 Å². The molecule has 2 aromatic rings. The summed E-state index contributed by atoms with van der Waals surface area (Å²) in [5.41, 5.74) is 9.62. The van der Waals surface area contributed by atoms with E-state index < -0.39 is 0 Å². The molecule has 2 atom stereocenters. The fourth-order valence-electron chi connectivity index (χ4n) is 3.33. The third kappa shape index (κ3) is 2.54. The lowest BCUT2D eigenvalue weighted by Gasteiger charge is -2.42. The third-order valence-electron chi connectivity index (χ3n) is 4.61. The molecule has 1 aliphatic rings. The number of nitrogens with one attached hydrogen (secondary N) is 1. The summed E-state index contributed by atoms with van der Waals surface area (Å²) >= 11 is 6.31. The largest absolute Gasteiger partial charge is 0.373 e. The van der Waals surface area contributed by atoms with Gasteiger partial charge in [-0.2, -0.15) is 0 Å². The Morgan fingerprint density at radius 1 is 1.19 bits per heavy atom. The summed E-state index contributed by atoms with van der Waals surface area (Å²) in [6, 6.07) is 16.5. The minimum Gasteiger partial charge on any atom is -0.373 e. The van der Waals surface area contributed by atoms with Crippen molar-refractivity contribution in [2.75, 3.05) is 11.9 Å². The van der Waals surface area contributed by atoms with Crippen molar-refractivity contribution in [3.63, 3.8) is 0 Å². The molecule has 3 N–H and O–H groups in total. The summed E-state index contributed by atoms with van der Waals surface area (Å²) in [6.45, 7) is 2.84. The van der Waals surface area contributed by atoms with Gasteiger partial charge in [-0.25, -0.2) is 0 Å². The molecule has 0 radical (unpaired) electrons.